The number of esters is 3. The predicted molar refractivity (Wildman–Crippen MR) is 544 cm³/mol. The molecule has 786 valence electrons. The largest absolute Gasteiger partial charge is 0.507 e. The number of unbranched alkanes of at least 4 members (excludes halogenated alkanes) is 10. The number of phenols is 1. The van der Waals surface area contributed by atoms with E-state index >= 15 is 0 Å². The number of phenolic OH excluding ortho intramolecular Hbond substituents is 1. The summed E-state index contributed by atoms with van der Waals surface area (Å²) in [5.41, 5.74) is -1.49. The van der Waals surface area contributed by atoms with E-state index < -0.39 is 84.3 Å². The Morgan fingerprint density at radius 1 is 0.396 bits per heavy atom. The van der Waals surface area contributed by atoms with Gasteiger partial charge in [-0.05, 0) is 250 Å². The summed E-state index contributed by atoms with van der Waals surface area (Å²) in [6.07, 6.45) is 8.17. The summed E-state index contributed by atoms with van der Waals surface area (Å²) >= 11 is 6.36. The Morgan fingerprint density at radius 3 is 1.14 bits per heavy atom. The molecule has 36 heteroatoms. The quantitative estimate of drug-likeness (QED) is 0.0178. The molecule has 3 aliphatic rings. The lowest BCUT2D eigenvalue weighted by molar-refractivity contribution is -0.255. The number of ether oxygens (including phenoxy) is 14. The Balaban J connectivity index is 1.21. The maximum absolute atomic E-state index is 14.5. The fraction of sp³-hybridized carbons (Fsp3) is 0.748. The highest BCUT2D eigenvalue weighted by Gasteiger charge is 2.46. The lowest BCUT2D eigenvalue weighted by atomic mass is 9.79. The lowest BCUT2D eigenvalue weighted by Crippen LogP contribution is -2.58. The maximum Gasteiger partial charge on any atom is 0.408 e. The number of carbonyl (C=O) groups excluding carboxylic acids is 14. The molecule has 0 bridgehead atoms. The molecule has 16 unspecified atom stereocenters. The molecule has 5 rings (SSSR count). The molecule has 3 fully saturated rings. The first-order valence-corrected chi connectivity index (χ1v) is 53.2. The van der Waals surface area contributed by atoms with Crippen LogP contribution in [0.3, 0.4) is 0 Å². The van der Waals surface area contributed by atoms with Gasteiger partial charge >= 0.3 is 24.0 Å². The van der Waals surface area contributed by atoms with Gasteiger partial charge in [0.05, 0.1) is 86.8 Å². The predicted octanol–water partition coefficient (Wildman–Crippen LogP) is 16.8. The first kappa shape index (κ1) is 123. The van der Waals surface area contributed by atoms with Crippen LogP contribution in [0.4, 0.5) is 4.79 Å². The highest BCUT2D eigenvalue weighted by Crippen LogP contribution is 2.39. The third-order valence-electron chi connectivity index (χ3n) is 25.8. The fourth-order valence-electron chi connectivity index (χ4n) is 16.8. The zero-order valence-electron chi connectivity index (χ0n) is 84.7. The Morgan fingerprint density at radius 2 is 0.748 bits per heavy atom. The lowest BCUT2D eigenvalue weighted by Gasteiger charge is -2.44. The van der Waals surface area contributed by atoms with Crippen LogP contribution in [0.5, 0.6) is 17.2 Å². The first-order valence-electron chi connectivity index (χ1n) is 50.0. The standard InChI is InChI=1S/C103H159I3N4O29/c1-65-66(2)91(59-132-74(10)113)136-98(71(65)7)129-49-29-26-39-80(118)40-32-41-83(121)48-54-128-64-103(62-126-52-46-81(119)35-22-18-20-33-78(116)37-27-30-50-130-99-95(107-72(8)111)69(5)67(3)92(137-99)60-133-75(11)114,63-127-53-47-82(120)36-23-19-21-34-79(117)38-28-31-51-131-100-96(108-73(9)112)70(6)68(4)93(138-100)61-134-76(12)115)110-94(124)43-25-17-16-24-42-90(123)88(109-101(125)139-102(13,14)15)57-77-55-86(105)97(87(106)56-77)135-84-44-45-89(122)85(104)58-84/h44-45,55-56,58,65-71,88,91-93,95-96,98-100,122H,16-43,46-54,57,59-64H2,1-15H3,(H,107,111)(H,108,112)(H,109,125)(H,110,124). The van der Waals surface area contributed by atoms with Crippen molar-refractivity contribution in [2.24, 2.45) is 41.4 Å². The van der Waals surface area contributed by atoms with Crippen LogP contribution in [0.1, 0.15) is 308 Å². The van der Waals surface area contributed by atoms with Gasteiger partial charge in [0.15, 0.2) is 30.4 Å². The van der Waals surface area contributed by atoms with E-state index in [-0.39, 0.29) is 248 Å². The molecule has 0 aromatic heterocycles. The van der Waals surface area contributed by atoms with Gasteiger partial charge in [-0.15, -0.1) is 0 Å². The number of rotatable bonds is 71. The van der Waals surface area contributed by atoms with E-state index in [0.717, 1.165) is 12.7 Å². The van der Waals surface area contributed by atoms with E-state index in [0.29, 0.717) is 163 Å². The monoisotopic (exact) mass is 2300 g/mol. The van der Waals surface area contributed by atoms with Gasteiger partial charge in [0.25, 0.3) is 0 Å². The summed E-state index contributed by atoms with van der Waals surface area (Å²) in [6.45, 7) is 26.7. The van der Waals surface area contributed by atoms with Crippen molar-refractivity contribution in [3.63, 3.8) is 0 Å². The van der Waals surface area contributed by atoms with Crippen LogP contribution in [0.2, 0.25) is 0 Å². The average molecular weight is 2300 g/mol. The van der Waals surface area contributed by atoms with Crippen LogP contribution in [-0.2, 0) is 130 Å². The summed E-state index contributed by atoms with van der Waals surface area (Å²) in [7, 11) is 0. The second-order valence-corrected chi connectivity index (χ2v) is 42.3. The summed E-state index contributed by atoms with van der Waals surface area (Å²) in [4.78, 5) is 181. The smallest absolute Gasteiger partial charge is 0.408 e. The Bertz CT molecular complexity index is 4040. The molecule has 16 atom stereocenters. The molecule has 3 aliphatic heterocycles. The van der Waals surface area contributed by atoms with Crippen molar-refractivity contribution in [3.8, 4) is 17.2 Å². The van der Waals surface area contributed by atoms with Crippen molar-refractivity contribution < 1.29 is 139 Å². The highest BCUT2D eigenvalue weighted by atomic mass is 127. The zero-order valence-corrected chi connectivity index (χ0v) is 91.2. The summed E-state index contributed by atoms with van der Waals surface area (Å²) in [5.74, 6) is -0.798. The second kappa shape index (κ2) is 66.6. The molecule has 0 spiro atoms. The minimum Gasteiger partial charge on any atom is -0.507 e. The first-order chi connectivity index (χ1) is 65.9. The van der Waals surface area contributed by atoms with E-state index in [9.17, 15) is 72.2 Å². The molecule has 3 heterocycles. The van der Waals surface area contributed by atoms with Crippen molar-refractivity contribution in [1.82, 2.24) is 21.3 Å². The SMILES string of the molecule is CC(=O)NC1C(OCCCCC(=O)CCCCCC(=O)CCOCC(COCCC(=O)CCCCCC(=O)CCCCOC2OC(COC(C)=O)C(C)C(C)C2NC(C)=O)(COCCC(=O)CCCC(=O)CCCCOC2OC(COC(C)=O)C(C)C(C)C2C)NC(=O)CCCCCCC(=O)C(Cc2cc(I)c(Oc3ccc(O)c(I)c3)c(I)c2)NC(=O)OC(C)(C)C)OC(COC(C)=O)C(C)C1C. The van der Waals surface area contributed by atoms with E-state index in [1.165, 1.54) is 34.6 Å². The second-order valence-electron chi connectivity index (χ2n) is 38.8. The van der Waals surface area contributed by atoms with Crippen molar-refractivity contribution in [1.29, 1.82) is 0 Å². The highest BCUT2D eigenvalue weighted by molar-refractivity contribution is 14.1. The number of aromatic hydroxyl groups is 1. The number of alkyl carbamates (subject to hydrolysis) is 1. The van der Waals surface area contributed by atoms with E-state index in [1.807, 2.05) is 62.4 Å². The van der Waals surface area contributed by atoms with Gasteiger partial charge in [-0.25, -0.2) is 4.79 Å². The summed E-state index contributed by atoms with van der Waals surface area (Å²) in [6, 6.07) is 6.93. The van der Waals surface area contributed by atoms with Crippen molar-refractivity contribution >= 4 is 150 Å². The number of Topliss-reactive ketones (excluding diaryl/α,β-unsaturated/α-hetero) is 7. The van der Waals surface area contributed by atoms with Crippen LogP contribution in [0, 0.1) is 52.1 Å². The van der Waals surface area contributed by atoms with Gasteiger partial charge in [0.2, 0.25) is 17.7 Å². The molecule has 4 amide bonds. The number of halogens is 3. The van der Waals surface area contributed by atoms with Crippen LogP contribution < -0.4 is 26.0 Å². The molecule has 0 radical (unpaired) electrons. The molecule has 3 saturated heterocycles. The van der Waals surface area contributed by atoms with E-state index in [1.54, 1.807) is 39.0 Å². The molecule has 2 aromatic carbocycles. The molecule has 2 aromatic rings. The Labute approximate surface area is 863 Å². The normalized spacial score (nSPS) is 22.0. The third-order valence-corrected chi connectivity index (χ3v) is 28.3. The van der Waals surface area contributed by atoms with Crippen LogP contribution in [-0.4, -0.2) is 233 Å². The van der Waals surface area contributed by atoms with Gasteiger partial charge in [-0.2, -0.15) is 0 Å². The fourth-order valence-corrected chi connectivity index (χ4v) is 19.4. The molecule has 0 saturated carbocycles. The van der Waals surface area contributed by atoms with Crippen molar-refractivity contribution in [3.05, 3.63) is 46.6 Å². The summed E-state index contributed by atoms with van der Waals surface area (Å²) < 4.78 is 85.7. The van der Waals surface area contributed by atoms with Gasteiger partial charge in [0, 0.05) is 150 Å². The molecule has 33 nitrogen and oxygen atoms in total. The zero-order chi connectivity index (χ0) is 103. The van der Waals surface area contributed by atoms with Gasteiger partial charge in [0.1, 0.15) is 77.2 Å². The van der Waals surface area contributed by atoms with E-state index in [4.69, 9.17) is 66.3 Å². The minimum atomic E-state index is -1.42. The van der Waals surface area contributed by atoms with E-state index in [2.05, 4.69) is 87.2 Å². The number of carbonyl (C=O) groups is 14. The van der Waals surface area contributed by atoms with Crippen LogP contribution in [0.15, 0.2) is 30.3 Å². The molecular weight excluding hydrogens is 2140 g/mol. The van der Waals surface area contributed by atoms with Gasteiger partial charge in [-0.3, -0.25) is 62.3 Å². The maximum atomic E-state index is 14.5. The molecule has 0 aliphatic carbocycles. The number of hydrogen-bond donors (Lipinski definition) is 5. The molecular formula is C103H159I3N4O29. The topological polar surface area (TPSA) is 437 Å². The van der Waals surface area contributed by atoms with Crippen molar-refractivity contribution in [2.75, 3.05) is 79.3 Å². The van der Waals surface area contributed by atoms with Crippen LogP contribution in [0.25, 0.3) is 0 Å². The number of amides is 4. The van der Waals surface area contributed by atoms with Gasteiger partial charge in [-0.1, -0.05) is 74.1 Å². The van der Waals surface area contributed by atoms with Crippen LogP contribution >= 0.6 is 67.8 Å². The number of nitrogens with one attached hydrogen (secondary N) is 4. The van der Waals surface area contributed by atoms with Gasteiger partial charge < -0.3 is 92.7 Å². The molecule has 5 N–H and O–H groups in total. The number of benzene rings is 2. The minimum absolute atomic E-state index is 0.0110. The Hall–Kier alpha value is -6.35. The number of hydrogen-bond acceptors (Lipinski definition) is 29. The third kappa shape index (κ3) is 49.9. The molecule has 139 heavy (non-hydrogen) atoms. The summed E-state index contributed by atoms with van der Waals surface area (Å²) in [5, 5.41) is 21.9. The average Bonchev–Trinajstić information content (AvgIpc) is 0.835. The number of ketones is 7. The van der Waals surface area contributed by atoms with Crippen molar-refractivity contribution in [2.45, 2.75) is 376 Å². The Kier molecular flexibility index (Phi) is 59.0.